The summed E-state index contributed by atoms with van der Waals surface area (Å²) in [6.07, 6.45) is 14.6. The van der Waals surface area contributed by atoms with Crippen LogP contribution in [0.3, 0.4) is 0 Å². The Balaban J connectivity index is 1.54. The Bertz CT molecular complexity index is 350. The van der Waals surface area contributed by atoms with Crippen LogP contribution < -0.4 is 0 Å². The van der Waals surface area contributed by atoms with E-state index in [0.717, 1.165) is 31.3 Å². The number of allylic oxidation sites excluding steroid dienone is 1. The third kappa shape index (κ3) is 6.74. The largest absolute Gasteiger partial charge is 0.478 e. The van der Waals surface area contributed by atoms with Gasteiger partial charge in [-0.05, 0) is 61.9 Å². The fourth-order valence-electron chi connectivity index (χ4n) is 3.57. The Kier molecular flexibility index (Phi) is 8.38. The molecule has 1 N–H and O–H groups in total. The van der Waals surface area contributed by atoms with E-state index in [1.807, 2.05) is 0 Å². The van der Waals surface area contributed by atoms with Gasteiger partial charge in [0.15, 0.2) is 0 Å². The van der Waals surface area contributed by atoms with Gasteiger partial charge >= 0.3 is 5.97 Å². The van der Waals surface area contributed by atoms with Crippen LogP contribution in [0.4, 0.5) is 0 Å². The van der Waals surface area contributed by atoms with E-state index in [1.54, 1.807) is 6.08 Å². The molecule has 0 spiro atoms. The summed E-state index contributed by atoms with van der Waals surface area (Å²) >= 11 is 2.10. The zero-order valence-electron chi connectivity index (χ0n) is 13.5. The summed E-state index contributed by atoms with van der Waals surface area (Å²) in [4.78, 5) is 10.4. The van der Waals surface area contributed by atoms with Crippen LogP contribution in [0.2, 0.25) is 0 Å². The molecule has 1 saturated carbocycles. The fourth-order valence-corrected chi connectivity index (χ4v) is 5.19. The van der Waals surface area contributed by atoms with Gasteiger partial charge in [0.1, 0.15) is 0 Å². The van der Waals surface area contributed by atoms with Crippen molar-refractivity contribution in [1.82, 2.24) is 0 Å². The molecule has 1 saturated heterocycles. The molecule has 2 atom stereocenters. The van der Waals surface area contributed by atoms with E-state index in [4.69, 9.17) is 9.84 Å². The molecule has 0 aromatic rings. The molecular formula is C18H30O3S. The summed E-state index contributed by atoms with van der Waals surface area (Å²) in [5, 5.41) is 8.54. The van der Waals surface area contributed by atoms with Crippen LogP contribution in [0, 0.1) is 11.8 Å². The Morgan fingerprint density at radius 1 is 1.14 bits per heavy atom. The first kappa shape index (κ1) is 17.9. The first-order valence-electron chi connectivity index (χ1n) is 8.84. The summed E-state index contributed by atoms with van der Waals surface area (Å²) in [5.41, 5.74) is 0. The summed E-state index contributed by atoms with van der Waals surface area (Å²) in [6, 6.07) is 0. The third-order valence-corrected chi connectivity index (χ3v) is 6.26. The molecule has 2 rings (SSSR count). The van der Waals surface area contributed by atoms with Crippen molar-refractivity contribution in [2.45, 2.75) is 63.9 Å². The van der Waals surface area contributed by atoms with Crippen molar-refractivity contribution in [3.8, 4) is 0 Å². The Hall–Kier alpha value is -0.480. The maximum absolute atomic E-state index is 10.4. The second-order valence-corrected chi connectivity index (χ2v) is 7.72. The fraction of sp³-hybridized carbons (Fsp3) is 0.833. The molecule has 0 radical (unpaired) electrons. The van der Waals surface area contributed by atoms with Crippen molar-refractivity contribution in [2.24, 2.45) is 11.8 Å². The van der Waals surface area contributed by atoms with Gasteiger partial charge in [-0.25, -0.2) is 4.79 Å². The SMILES string of the molecule is O=C(O)C=CCCCC[C@H]1CSC[C@H]1CCOC1CCCC1. The van der Waals surface area contributed by atoms with E-state index in [9.17, 15) is 4.79 Å². The first-order valence-corrected chi connectivity index (χ1v) is 10.00. The predicted molar refractivity (Wildman–Crippen MR) is 92.4 cm³/mol. The number of unbranched alkanes of at least 4 members (excludes halogenated alkanes) is 2. The van der Waals surface area contributed by atoms with Gasteiger partial charge in [0, 0.05) is 12.7 Å². The second-order valence-electron chi connectivity index (χ2n) is 6.65. The van der Waals surface area contributed by atoms with Gasteiger partial charge in [-0.15, -0.1) is 0 Å². The summed E-state index contributed by atoms with van der Waals surface area (Å²) in [5.74, 6) is 3.45. The molecule has 0 aromatic carbocycles. The Morgan fingerprint density at radius 3 is 2.59 bits per heavy atom. The molecule has 4 heteroatoms. The van der Waals surface area contributed by atoms with E-state index in [1.165, 1.54) is 62.5 Å². The lowest BCUT2D eigenvalue weighted by atomic mass is 9.88. The molecule has 126 valence electrons. The number of ether oxygens (including phenoxy) is 1. The van der Waals surface area contributed by atoms with E-state index < -0.39 is 5.97 Å². The van der Waals surface area contributed by atoms with E-state index in [2.05, 4.69) is 11.8 Å². The number of thioether (sulfide) groups is 1. The zero-order valence-corrected chi connectivity index (χ0v) is 14.4. The van der Waals surface area contributed by atoms with E-state index >= 15 is 0 Å². The second kappa shape index (κ2) is 10.3. The monoisotopic (exact) mass is 326 g/mol. The number of aliphatic carboxylic acids is 1. The average molecular weight is 327 g/mol. The summed E-state index contributed by atoms with van der Waals surface area (Å²) in [6.45, 7) is 0.952. The minimum absolute atomic E-state index is 0.550. The molecule has 1 aliphatic heterocycles. The normalized spacial score (nSPS) is 26.2. The minimum Gasteiger partial charge on any atom is -0.478 e. The standard InChI is InChI=1S/C18H30O3S/c19-18(20)10-4-2-1-3-7-15-13-22-14-16(15)11-12-21-17-8-5-6-9-17/h4,10,15-17H,1-3,5-9,11-14H2,(H,19,20)/t15-,16+/m0/s1. The Morgan fingerprint density at radius 2 is 1.86 bits per heavy atom. The van der Waals surface area contributed by atoms with Crippen molar-refractivity contribution < 1.29 is 14.6 Å². The maximum Gasteiger partial charge on any atom is 0.327 e. The molecule has 2 fully saturated rings. The van der Waals surface area contributed by atoms with Crippen LogP contribution >= 0.6 is 11.8 Å². The van der Waals surface area contributed by atoms with Crippen LogP contribution in [-0.2, 0) is 9.53 Å². The topological polar surface area (TPSA) is 46.5 Å². The highest BCUT2D eigenvalue weighted by Crippen LogP contribution is 2.36. The highest BCUT2D eigenvalue weighted by Gasteiger charge is 2.27. The molecule has 22 heavy (non-hydrogen) atoms. The van der Waals surface area contributed by atoms with Gasteiger partial charge in [-0.3, -0.25) is 0 Å². The number of hydrogen-bond donors (Lipinski definition) is 1. The number of hydrogen-bond acceptors (Lipinski definition) is 3. The van der Waals surface area contributed by atoms with Gasteiger partial charge in [0.05, 0.1) is 6.10 Å². The molecule has 2 aliphatic rings. The number of carbonyl (C=O) groups is 1. The molecule has 0 bridgehead atoms. The lowest BCUT2D eigenvalue weighted by Crippen LogP contribution is -2.17. The highest BCUT2D eigenvalue weighted by atomic mass is 32.2. The van der Waals surface area contributed by atoms with Crippen molar-refractivity contribution in [3.05, 3.63) is 12.2 Å². The molecular weight excluding hydrogens is 296 g/mol. The van der Waals surface area contributed by atoms with Crippen molar-refractivity contribution in [1.29, 1.82) is 0 Å². The molecule has 0 amide bonds. The van der Waals surface area contributed by atoms with Crippen LogP contribution in [0.15, 0.2) is 12.2 Å². The van der Waals surface area contributed by atoms with Crippen LogP contribution in [0.5, 0.6) is 0 Å². The minimum atomic E-state index is -0.838. The van der Waals surface area contributed by atoms with Crippen LogP contribution in [-0.4, -0.2) is 35.3 Å². The molecule has 0 unspecified atom stereocenters. The lowest BCUT2D eigenvalue weighted by Gasteiger charge is -2.19. The third-order valence-electron chi connectivity index (χ3n) is 4.93. The molecule has 0 aromatic heterocycles. The predicted octanol–water partition coefficient (Wildman–Crippen LogP) is 4.52. The molecule has 1 aliphatic carbocycles. The van der Waals surface area contributed by atoms with Gasteiger partial charge < -0.3 is 9.84 Å². The zero-order chi connectivity index (χ0) is 15.6. The highest BCUT2D eigenvalue weighted by molar-refractivity contribution is 7.99. The van der Waals surface area contributed by atoms with E-state index in [-0.39, 0.29) is 0 Å². The quantitative estimate of drug-likeness (QED) is 0.474. The average Bonchev–Trinajstić information content (AvgIpc) is 3.14. The van der Waals surface area contributed by atoms with Crippen molar-refractivity contribution in [2.75, 3.05) is 18.1 Å². The number of carboxylic acids is 1. The van der Waals surface area contributed by atoms with Crippen LogP contribution in [0.1, 0.15) is 57.8 Å². The first-order chi connectivity index (χ1) is 10.8. The summed E-state index contributed by atoms with van der Waals surface area (Å²) < 4.78 is 6.02. The van der Waals surface area contributed by atoms with Crippen molar-refractivity contribution in [3.63, 3.8) is 0 Å². The van der Waals surface area contributed by atoms with Crippen molar-refractivity contribution >= 4 is 17.7 Å². The smallest absolute Gasteiger partial charge is 0.327 e. The van der Waals surface area contributed by atoms with Gasteiger partial charge in [0.25, 0.3) is 0 Å². The van der Waals surface area contributed by atoms with E-state index in [0.29, 0.717) is 6.10 Å². The van der Waals surface area contributed by atoms with Gasteiger partial charge in [0.2, 0.25) is 0 Å². The van der Waals surface area contributed by atoms with Gasteiger partial charge in [-0.1, -0.05) is 25.3 Å². The van der Waals surface area contributed by atoms with Crippen LogP contribution in [0.25, 0.3) is 0 Å². The summed E-state index contributed by atoms with van der Waals surface area (Å²) in [7, 11) is 0. The van der Waals surface area contributed by atoms with Gasteiger partial charge in [-0.2, -0.15) is 11.8 Å². The lowest BCUT2D eigenvalue weighted by molar-refractivity contribution is -0.131. The number of rotatable bonds is 10. The Labute approximate surface area is 138 Å². The molecule has 1 heterocycles. The maximum atomic E-state index is 10.4. The number of carboxylic acid groups (broad SMARTS) is 1. The molecule has 3 nitrogen and oxygen atoms in total.